The van der Waals surface area contributed by atoms with Crippen LogP contribution in [0.3, 0.4) is 0 Å². The summed E-state index contributed by atoms with van der Waals surface area (Å²) in [4.78, 5) is 12.6. The van der Waals surface area contributed by atoms with E-state index in [1.165, 1.54) is 18.4 Å². The molecule has 1 heterocycles. The third-order valence-corrected chi connectivity index (χ3v) is 3.93. The molecular weight excluding hydrogens is 284 g/mol. The van der Waals surface area contributed by atoms with Gasteiger partial charge in [-0.05, 0) is 24.3 Å². The van der Waals surface area contributed by atoms with Crippen LogP contribution < -0.4 is 4.74 Å². The van der Waals surface area contributed by atoms with Crippen LogP contribution in [0.4, 0.5) is 0 Å². The van der Waals surface area contributed by atoms with Crippen molar-refractivity contribution in [2.75, 3.05) is 13.7 Å². The van der Waals surface area contributed by atoms with E-state index in [1.807, 2.05) is 36.4 Å². The number of halogens is 1. The first-order chi connectivity index (χ1) is 9.20. The highest BCUT2D eigenvalue weighted by Gasteiger charge is 2.24. The first-order valence-corrected chi connectivity index (χ1v) is 6.91. The van der Waals surface area contributed by atoms with Crippen LogP contribution in [0.5, 0.6) is 5.75 Å². The highest BCUT2D eigenvalue weighted by molar-refractivity contribution is 7.16. The highest BCUT2D eigenvalue weighted by Crippen LogP contribution is 2.29. The normalized spacial score (nSPS) is 11.9. The summed E-state index contributed by atoms with van der Waals surface area (Å²) in [6.07, 6.45) is 0. The number of ether oxygens (including phenoxy) is 2. The van der Waals surface area contributed by atoms with Gasteiger partial charge in [-0.3, -0.25) is 4.79 Å². The summed E-state index contributed by atoms with van der Waals surface area (Å²) in [5.41, 5.74) is 0. The largest absolute Gasteiger partial charge is 0.492 e. The molecule has 0 saturated carbocycles. The zero-order valence-electron chi connectivity index (χ0n) is 10.3. The minimum absolute atomic E-state index is 0.230. The number of carbonyl (C=O) groups is 1. The van der Waals surface area contributed by atoms with Crippen LogP contribution in [0.25, 0.3) is 0 Å². The molecule has 3 nitrogen and oxygen atoms in total. The Labute approximate surface area is 120 Å². The molecule has 0 radical (unpaired) electrons. The molecule has 1 atom stereocenters. The van der Waals surface area contributed by atoms with Crippen molar-refractivity contribution in [1.29, 1.82) is 0 Å². The SMILES string of the molecule is COC(=O)C(COc1ccccc1)c1ccc(Cl)s1. The lowest BCUT2D eigenvalue weighted by Gasteiger charge is -2.14. The van der Waals surface area contributed by atoms with Crippen molar-refractivity contribution >= 4 is 28.9 Å². The number of para-hydroxylation sites is 1. The topological polar surface area (TPSA) is 35.5 Å². The maximum atomic E-state index is 11.8. The molecule has 19 heavy (non-hydrogen) atoms. The molecule has 1 aromatic heterocycles. The Kier molecular flexibility index (Phi) is 4.82. The monoisotopic (exact) mass is 296 g/mol. The second kappa shape index (κ2) is 6.59. The minimum Gasteiger partial charge on any atom is -0.492 e. The molecule has 1 aromatic carbocycles. The first kappa shape index (κ1) is 13.9. The molecule has 0 aliphatic rings. The Morgan fingerprint density at radius 2 is 2.00 bits per heavy atom. The standard InChI is InChI=1S/C14H13ClO3S/c1-17-14(16)11(12-7-8-13(15)19-12)9-18-10-5-3-2-4-6-10/h2-8,11H,9H2,1H3. The van der Waals surface area contributed by atoms with Crippen molar-refractivity contribution in [3.63, 3.8) is 0 Å². The molecule has 5 heteroatoms. The molecule has 100 valence electrons. The molecule has 0 bridgehead atoms. The fraction of sp³-hybridized carbons (Fsp3) is 0.214. The molecule has 0 amide bonds. The summed E-state index contributed by atoms with van der Waals surface area (Å²) in [5.74, 6) is -0.0591. The number of rotatable bonds is 5. The van der Waals surface area contributed by atoms with E-state index in [1.54, 1.807) is 6.07 Å². The van der Waals surface area contributed by atoms with Crippen LogP contribution in [0.2, 0.25) is 4.34 Å². The van der Waals surface area contributed by atoms with Gasteiger partial charge < -0.3 is 9.47 Å². The number of carbonyl (C=O) groups excluding carboxylic acids is 1. The van der Waals surface area contributed by atoms with Gasteiger partial charge in [-0.15, -0.1) is 11.3 Å². The Bertz CT molecular complexity index is 539. The molecule has 1 unspecified atom stereocenters. The molecule has 0 fully saturated rings. The van der Waals surface area contributed by atoms with E-state index in [2.05, 4.69) is 0 Å². The van der Waals surface area contributed by atoms with E-state index < -0.39 is 5.92 Å². The number of hydrogen-bond donors (Lipinski definition) is 0. The van der Waals surface area contributed by atoms with E-state index >= 15 is 0 Å². The fourth-order valence-corrected chi connectivity index (χ4v) is 2.75. The summed E-state index contributed by atoms with van der Waals surface area (Å²) in [6, 6.07) is 12.9. The lowest BCUT2D eigenvalue weighted by molar-refractivity contribution is -0.143. The quantitative estimate of drug-likeness (QED) is 0.789. The molecule has 0 N–H and O–H groups in total. The van der Waals surface area contributed by atoms with E-state index in [-0.39, 0.29) is 12.6 Å². The van der Waals surface area contributed by atoms with E-state index in [9.17, 15) is 4.79 Å². The van der Waals surface area contributed by atoms with E-state index in [4.69, 9.17) is 21.1 Å². The van der Waals surface area contributed by atoms with Gasteiger partial charge in [0.05, 0.1) is 11.4 Å². The van der Waals surface area contributed by atoms with Gasteiger partial charge in [0.15, 0.2) is 0 Å². The molecule has 0 aliphatic heterocycles. The summed E-state index contributed by atoms with van der Waals surface area (Å²) in [6.45, 7) is 0.230. The summed E-state index contributed by atoms with van der Waals surface area (Å²) < 4.78 is 11.1. The Morgan fingerprint density at radius 3 is 2.58 bits per heavy atom. The van der Waals surface area contributed by atoms with Crippen LogP contribution in [0, 0.1) is 0 Å². The third kappa shape index (κ3) is 3.72. The number of hydrogen-bond acceptors (Lipinski definition) is 4. The third-order valence-electron chi connectivity index (χ3n) is 2.58. The Hall–Kier alpha value is -1.52. The smallest absolute Gasteiger partial charge is 0.317 e. The summed E-state index contributed by atoms with van der Waals surface area (Å²) >= 11 is 7.25. The van der Waals surface area contributed by atoms with Crippen molar-refractivity contribution in [2.45, 2.75) is 5.92 Å². The van der Waals surface area contributed by atoms with Gasteiger partial charge in [-0.25, -0.2) is 0 Å². The van der Waals surface area contributed by atoms with Crippen molar-refractivity contribution in [3.8, 4) is 5.75 Å². The summed E-state index contributed by atoms with van der Waals surface area (Å²) in [7, 11) is 1.37. The van der Waals surface area contributed by atoms with Gasteiger partial charge in [-0.2, -0.15) is 0 Å². The summed E-state index contributed by atoms with van der Waals surface area (Å²) in [5, 5.41) is 0. The maximum Gasteiger partial charge on any atom is 0.317 e. The van der Waals surface area contributed by atoms with Crippen LogP contribution in [-0.4, -0.2) is 19.7 Å². The molecular formula is C14H13ClO3S. The van der Waals surface area contributed by atoms with Crippen molar-refractivity contribution in [2.24, 2.45) is 0 Å². The Balaban J connectivity index is 2.09. The van der Waals surface area contributed by atoms with Gasteiger partial charge in [-0.1, -0.05) is 29.8 Å². The zero-order chi connectivity index (χ0) is 13.7. The average Bonchev–Trinajstić information content (AvgIpc) is 2.86. The number of thiophene rings is 1. The lowest BCUT2D eigenvalue weighted by atomic mass is 10.1. The molecule has 0 spiro atoms. The second-order valence-electron chi connectivity index (χ2n) is 3.84. The van der Waals surface area contributed by atoms with Gasteiger partial charge in [0.1, 0.15) is 18.3 Å². The molecule has 2 rings (SSSR count). The second-order valence-corrected chi connectivity index (χ2v) is 5.59. The van der Waals surface area contributed by atoms with Gasteiger partial charge in [0, 0.05) is 4.88 Å². The van der Waals surface area contributed by atoms with Crippen LogP contribution >= 0.6 is 22.9 Å². The lowest BCUT2D eigenvalue weighted by Crippen LogP contribution is -2.20. The fourth-order valence-electron chi connectivity index (χ4n) is 1.62. The van der Waals surface area contributed by atoms with Crippen molar-refractivity contribution in [3.05, 3.63) is 51.7 Å². The predicted molar refractivity (Wildman–Crippen MR) is 76.0 cm³/mol. The van der Waals surface area contributed by atoms with Crippen molar-refractivity contribution < 1.29 is 14.3 Å². The number of methoxy groups -OCH3 is 1. The highest BCUT2D eigenvalue weighted by atomic mass is 35.5. The Morgan fingerprint density at radius 1 is 1.26 bits per heavy atom. The van der Waals surface area contributed by atoms with Gasteiger partial charge in [0.2, 0.25) is 0 Å². The maximum absolute atomic E-state index is 11.8. The molecule has 2 aromatic rings. The minimum atomic E-state index is -0.456. The van der Waals surface area contributed by atoms with Crippen LogP contribution in [-0.2, 0) is 9.53 Å². The van der Waals surface area contributed by atoms with E-state index in [0.29, 0.717) is 4.34 Å². The van der Waals surface area contributed by atoms with E-state index in [0.717, 1.165) is 10.6 Å². The predicted octanol–water partition coefficient (Wildman–Crippen LogP) is 3.74. The number of esters is 1. The van der Waals surface area contributed by atoms with Crippen LogP contribution in [0.15, 0.2) is 42.5 Å². The van der Waals surface area contributed by atoms with Crippen molar-refractivity contribution in [1.82, 2.24) is 0 Å². The first-order valence-electron chi connectivity index (χ1n) is 5.71. The van der Waals surface area contributed by atoms with Gasteiger partial charge in [0.25, 0.3) is 0 Å². The zero-order valence-corrected chi connectivity index (χ0v) is 11.9. The molecule has 0 saturated heterocycles. The average molecular weight is 297 g/mol. The van der Waals surface area contributed by atoms with Gasteiger partial charge >= 0.3 is 5.97 Å². The molecule has 0 aliphatic carbocycles. The van der Waals surface area contributed by atoms with Crippen LogP contribution in [0.1, 0.15) is 10.8 Å². The number of benzene rings is 1.